The van der Waals surface area contributed by atoms with Crippen molar-refractivity contribution in [3.63, 3.8) is 0 Å². The van der Waals surface area contributed by atoms with Gasteiger partial charge in [0.1, 0.15) is 5.78 Å². The topological polar surface area (TPSA) is 35.5 Å². The summed E-state index contributed by atoms with van der Waals surface area (Å²) in [4.78, 5) is 11.4. The van der Waals surface area contributed by atoms with E-state index < -0.39 is 5.41 Å². The molecule has 69 valence electrons. The number of hydrogen-bond donors (Lipinski definition) is 0. The number of rotatable bonds is 1. The number of ketones is 1. The zero-order valence-corrected chi connectivity index (χ0v) is 7.96. The molecule has 0 aromatic carbocycles. The van der Waals surface area contributed by atoms with Crippen LogP contribution in [0.4, 0.5) is 0 Å². The maximum absolute atomic E-state index is 11.4. The predicted octanol–water partition coefficient (Wildman–Crippen LogP) is 1.52. The Morgan fingerprint density at radius 2 is 1.75 bits per heavy atom. The molecule has 1 fully saturated rings. The van der Waals surface area contributed by atoms with Crippen molar-refractivity contribution in [2.45, 2.75) is 39.9 Å². The molecule has 0 spiro atoms. The minimum atomic E-state index is -0.519. The molecule has 0 aliphatic carbocycles. The fourth-order valence-electron chi connectivity index (χ4n) is 1.38. The maximum Gasteiger partial charge on any atom is 0.210 e. The molecule has 1 rings (SSSR count). The Bertz CT molecular complexity index is 178. The van der Waals surface area contributed by atoms with Crippen molar-refractivity contribution in [2.75, 3.05) is 0 Å². The van der Waals surface area contributed by atoms with Gasteiger partial charge in [-0.3, -0.25) is 4.79 Å². The van der Waals surface area contributed by atoms with Gasteiger partial charge in [0.2, 0.25) is 6.79 Å². The monoisotopic (exact) mass is 171 g/mol. The maximum atomic E-state index is 11.4. The molecule has 1 aliphatic heterocycles. The number of ether oxygens (including phenoxy) is 2. The largest absolute Gasteiger partial charge is 0.344 e. The predicted molar refractivity (Wildman–Crippen MR) is 44.2 cm³/mol. The second-order valence-electron chi connectivity index (χ2n) is 3.49. The van der Waals surface area contributed by atoms with Gasteiger partial charge in [0, 0.05) is 0 Å². The third kappa shape index (κ3) is 1.27. The molecule has 1 saturated heterocycles. The van der Waals surface area contributed by atoms with E-state index in [-0.39, 0.29) is 18.0 Å². The highest BCUT2D eigenvalue weighted by atomic mass is 16.7. The van der Waals surface area contributed by atoms with Crippen molar-refractivity contribution in [3.8, 4) is 0 Å². The quantitative estimate of drug-likeness (QED) is 0.600. The SMILES string of the molecule is CC(=O)C1(C)C(C)O[CH]OC1C. The molecule has 0 aromatic rings. The van der Waals surface area contributed by atoms with Crippen LogP contribution in [0.15, 0.2) is 0 Å². The molecule has 3 nitrogen and oxygen atoms in total. The van der Waals surface area contributed by atoms with E-state index in [1.165, 1.54) is 6.79 Å². The molecular weight excluding hydrogens is 156 g/mol. The summed E-state index contributed by atoms with van der Waals surface area (Å²) in [5, 5.41) is 0. The summed E-state index contributed by atoms with van der Waals surface area (Å²) < 4.78 is 10.3. The average Bonchev–Trinajstić information content (AvgIpc) is 1.99. The molecule has 12 heavy (non-hydrogen) atoms. The van der Waals surface area contributed by atoms with Gasteiger partial charge in [-0.05, 0) is 27.7 Å². The first-order chi connectivity index (χ1) is 5.49. The Kier molecular flexibility index (Phi) is 2.54. The first-order valence-electron chi connectivity index (χ1n) is 4.13. The zero-order chi connectivity index (χ0) is 9.35. The van der Waals surface area contributed by atoms with Crippen LogP contribution in [0.3, 0.4) is 0 Å². The van der Waals surface area contributed by atoms with Gasteiger partial charge in [-0.2, -0.15) is 0 Å². The highest BCUT2D eigenvalue weighted by Gasteiger charge is 2.45. The molecule has 0 bridgehead atoms. The fraction of sp³-hybridized carbons (Fsp3) is 0.778. The first-order valence-corrected chi connectivity index (χ1v) is 4.13. The van der Waals surface area contributed by atoms with Gasteiger partial charge in [-0.15, -0.1) is 0 Å². The van der Waals surface area contributed by atoms with Crippen molar-refractivity contribution in [3.05, 3.63) is 6.79 Å². The molecule has 0 amide bonds. The van der Waals surface area contributed by atoms with Gasteiger partial charge < -0.3 is 9.47 Å². The normalized spacial score (nSPS) is 42.7. The molecular formula is C9H15O3. The van der Waals surface area contributed by atoms with E-state index in [4.69, 9.17) is 9.47 Å². The van der Waals surface area contributed by atoms with Crippen LogP contribution in [-0.2, 0) is 14.3 Å². The Morgan fingerprint density at radius 1 is 1.33 bits per heavy atom. The van der Waals surface area contributed by atoms with Crippen molar-refractivity contribution >= 4 is 5.78 Å². The smallest absolute Gasteiger partial charge is 0.210 e. The van der Waals surface area contributed by atoms with E-state index in [0.29, 0.717) is 0 Å². The van der Waals surface area contributed by atoms with E-state index in [0.717, 1.165) is 0 Å². The van der Waals surface area contributed by atoms with E-state index in [2.05, 4.69) is 0 Å². The molecule has 2 atom stereocenters. The third-order valence-electron chi connectivity index (χ3n) is 2.97. The summed E-state index contributed by atoms with van der Waals surface area (Å²) in [6, 6.07) is 0. The summed E-state index contributed by atoms with van der Waals surface area (Å²) in [5.41, 5.74) is -0.519. The Hall–Kier alpha value is -0.410. The standard InChI is InChI=1S/C9H15O3/c1-6(10)9(4)7(2)11-5-12-8(9)3/h5,7-8H,1-4H3. The molecule has 0 saturated carbocycles. The van der Waals surface area contributed by atoms with E-state index >= 15 is 0 Å². The minimum Gasteiger partial charge on any atom is -0.344 e. The summed E-state index contributed by atoms with van der Waals surface area (Å²) in [6.45, 7) is 8.54. The van der Waals surface area contributed by atoms with Crippen LogP contribution in [0, 0.1) is 12.2 Å². The molecule has 1 aliphatic rings. The van der Waals surface area contributed by atoms with Crippen molar-refractivity contribution < 1.29 is 14.3 Å². The fourth-order valence-corrected chi connectivity index (χ4v) is 1.38. The molecule has 1 heterocycles. The van der Waals surface area contributed by atoms with Crippen LogP contribution in [-0.4, -0.2) is 18.0 Å². The van der Waals surface area contributed by atoms with Crippen LogP contribution in [0.2, 0.25) is 0 Å². The zero-order valence-electron chi connectivity index (χ0n) is 7.96. The van der Waals surface area contributed by atoms with Crippen LogP contribution in [0.5, 0.6) is 0 Å². The van der Waals surface area contributed by atoms with Crippen molar-refractivity contribution in [1.82, 2.24) is 0 Å². The Balaban J connectivity index is 2.87. The minimum absolute atomic E-state index is 0.107. The van der Waals surface area contributed by atoms with Gasteiger partial charge in [-0.1, -0.05) is 0 Å². The number of carbonyl (C=O) groups excluding carboxylic acids is 1. The third-order valence-corrected chi connectivity index (χ3v) is 2.97. The lowest BCUT2D eigenvalue weighted by Crippen LogP contribution is -2.50. The molecule has 0 N–H and O–H groups in total. The van der Waals surface area contributed by atoms with Gasteiger partial charge in [0.25, 0.3) is 0 Å². The highest BCUT2D eigenvalue weighted by molar-refractivity contribution is 5.83. The summed E-state index contributed by atoms with van der Waals surface area (Å²) in [7, 11) is 0. The highest BCUT2D eigenvalue weighted by Crippen LogP contribution is 2.35. The first kappa shape index (κ1) is 9.68. The van der Waals surface area contributed by atoms with E-state index in [1.54, 1.807) is 6.92 Å². The van der Waals surface area contributed by atoms with Crippen LogP contribution >= 0.6 is 0 Å². The molecule has 3 heteroatoms. The van der Waals surface area contributed by atoms with Crippen LogP contribution in [0.25, 0.3) is 0 Å². The Labute approximate surface area is 73.0 Å². The molecule has 1 radical (unpaired) electrons. The second kappa shape index (κ2) is 3.15. The van der Waals surface area contributed by atoms with Gasteiger partial charge >= 0.3 is 0 Å². The van der Waals surface area contributed by atoms with Crippen LogP contribution in [0.1, 0.15) is 27.7 Å². The van der Waals surface area contributed by atoms with Crippen molar-refractivity contribution in [1.29, 1.82) is 0 Å². The van der Waals surface area contributed by atoms with Crippen LogP contribution < -0.4 is 0 Å². The van der Waals surface area contributed by atoms with Gasteiger partial charge in [0.05, 0.1) is 17.6 Å². The van der Waals surface area contributed by atoms with Crippen molar-refractivity contribution in [2.24, 2.45) is 5.41 Å². The lowest BCUT2D eigenvalue weighted by molar-refractivity contribution is -0.190. The summed E-state index contributed by atoms with van der Waals surface area (Å²) in [6.07, 6.45) is -0.225. The number of hydrogen-bond acceptors (Lipinski definition) is 3. The average molecular weight is 171 g/mol. The second-order valence-corrected chi connectivity index (χ2v) is 3.49. The Morgan fingerprint density at radius 3 is 2.00 bits per heavy atom. The number of carbonyl (C=O) groups is 1. The lowest BCUT2D eigenvalue weighted by Gasteiger charge is -2.41. The van der Waals surface area contributed by atoms with E-state index in [9.17, 15) is 4.79 Å². The molecule has 2 unspecified atom stereocenters. The summed E-state index contributed by atoms with van der Waals surface area (Å²) >= 11 is 0. The van der Waals surface area contributed by atoms with E-state index in [1.807, 2.05) is 20.8 Å². The molecule has 0 aromatic heterocycles. The number of Topliss-reactive ketones (excluding diaryl/α,β-unsaturated/α-hetero) is 1. The summed E-state index contributed by atoms with van der Waals surface area (Å²) in [5.74, 6) is 0.107. The lowest BCUT2D eigenvalue weighted by atomic mass is 9.76. The van der Waals surface area contributed by atoms with Gasteiger partial charge in [0.15, 0.2) is 0 Å². The van der Waals surface area contributed by atoms with Gasteiger partial charge in [-0.25, -0.2) is 0 Å².